The minimum absolute atomic E-state index is 0.456. The Morgan fingerprint density at radius 3 is 2.93 bits per heavy atom. The number of nitrogens with two attached hydrogens (primary N) is 1. The van der Waals surface area contributed by atoms with Gasteiger partial charge in [0.1, 0.15) is 0 Å². The smallest absolute Gasteiger partial charge is 0.227 e. The standard InChI is InChI=1S/C9H12N6/c10-7-6-5-11-9(12-8(6)14-13-7)15-3-1-2-4-15/h5H,1-4H2,(H3,10,11,12,13,14). The third-order valence-electron chi connectivity index (χ3n) is 2.72. The minimum atomic E-state index is 0.456. The molecule has 1 aliphatic rings. The third kappa shape index (κ3) is 1.29. The molecule has 0 amide bonds. The molecule has 1 saturated heterocycles. The zero-order chi connectivity index (χ0) is 10.3. The van der Waals surface area contributed by atoms with E-state index in [4.69, 9.17) is 5.73 Å². The number of fused-ring (bicyclic) bond motifs is 1. The van der Waals surface area contributed by atoms with Crippen molar-refractivity contribution in [3.63, 3.8) is 0 Å². The van der Waals surface area contributed by atoms with E-state index in [1.165, 1.54) is 12.8 Å². The number of H-pyrrole nitrogens is 1. The van der Waals surface area contributed by atoms with Gasteiger partial charge in [-0.2, -0.15) is 10.1 Å². The van der Waals surface area contributed by atoms with Gasteiger partial charge in [-0.15, -0.1) is 0 Å². The zero-order valence-corrected chi connectivity index (χ0v) is 8.27. The molecule has 15 heavy (non-hydrogen) atoms. The molecular weight excluding hydrogens is 192 g/mol. The fourth-order valence-corrected chi connectivity index (χ4v) is 1.89. The molecule has 0 atom stereocenters. The van der Waals surface area contributed by atoms with Gasteiger partial charge in [-0.25, -0.2) is 4.98 Å². The van der Waals surface area contributed by atoms with E-state index in [0.717, 1.165) is 24.4 Å². The number of aromatic amines is 1. The van der Waals surface area contributed by atoms with Crippen LogP contribution in [0.15, 0.2) is 6.20 Å². The molecule has 78 valence electrons. The molecule has 1 fully saturated rings. The molecule has 0 aliphatic carbocycles. The summed E-state index contributed by atoms with van der Waals surface area (Å²) < 4.78 is 0. The highest BCUT2D eigenvalue weighted by Crippen LogP contribution is 2.20. The van der Waals surface area contributed by atoms with E-state index in [-0.39, 0.29) is 0 Å². The molecule has 6 heteroatoms. The van der Waals surface area contributed by atoms with E-state index >= 15 is 0 Å². The maximum atomic E-state index is 5.64. The van der Waals surface area contributed by atoms with Crippen LogP contribution in [0.1, 0.15) is 12.8 Å². The van der Waals surface area contributed by atoms with Crippen LogP contribution in [0.2, 0.25) is 0 Å². The summed E-state index contributed by atoms with van der Waals surface area (Å²) in [6, 6.07) is 0. The summed E-state index contributed by atoms with van der Waals surface area (Å²) >= 11 is 0. The van der Waals surface area contributed by atoms with Crippen molar-refractivity contribution in [1.29, 1.82) is 0 Å². The maximum absolute atomic E-state index is 5.64. The van der Waals surface area contributed by atoms with Crippen LogP contribution >= 0.6 is 0 Å². The van der Waals surface area contributed by atoms with Gasteiger partial charge in [0.25, 0.3) is 0 Å². The molecule has 3 N–H and O–H groups in total. The molecule has 0 bridgehead atoms. The van der Waals surface area contributed by atoms with Crippen LogP contribution in [-0.4, -0.2) is 33.3 Å². The lowest BCUT2D eigenvalue weighted by Crippen LogP contribution is -2.20. The van der Waals surface area contributed by atoms with Crippen molar-refractivity contribution < 1.29 is 0 Å². The topological polar surface area (TPSA) is 83.7 Å². The molecule has 0 spiro atoms. The average molecular weight is 204 g/mol. The van der Waals surface area contributed by atoms with E-state index in [1.54, 1.807) is 6.20 Å². The number of anilines is 2. The summed E-state index contributed by atoms with van der Waals surface area (Å²) in [7, 11) is 0. The van der Waals surface area contributed by atoms with Gasteiger partial charge in [0.15, 0.2) is 11.5 Å². The normalized spacial score (nSPS) is 16.4. The number of hydrogen-bond acceptors (Lipinski definition) is 5. The van der Waals surface area contributed by atoms with Gasteiger partial charge in [-0.1, -0.05) is 0 Å². The minimum Gasteiger partial charge on any atom is -0.382 e. The SMILES string of the molecule is Nc1n[nH]c2nc(N3CCCC3)ncc12. The number of rotatable bonds is 1. The van der Waals surface area contributed by atoms with Gasteiger partial charge < -0.3 is 10.6 Å². The van der Waals surface area contributed by atoms with E-state index in [9.17, 15) is 0 Å². The second-order valence-corrected chi connectivity index (χ2v) is 3.74. The molecule has 0 aromatic carbocycles. The van der Waals surface area contributed by atoms with Crippen LogP contribution < -0.4 is 10.6 Å². The molecule has 1 aliphatic heterocycles. The largest absolute Gasteiger partial charge is 0.382 e. The average Bonchev–Trinajstić information content (AvgIpc) is 2.88. The quantitative estimate of drug-likeness (QED) is 0.708. The summed E-state index contributed by atoms with van der Waals surface area (Å²) in [6.07, 6.45) is 4.16. The summed E-state index contributed by atoms with van der Waals surface area (Å²) in [6.45, 7) is 2.07. The second-order valence-electron chi connectivity index (χ2n) is 3.74. The van der Waals surface area contributed by atoms with Gasteiger partial charge >= 0.3 is 0 Å². The van der Waals surface area contributed by atoms with Crippen LogP contribution in [0.3, 0.4) is 0 Å². The van der Waals surface area contributed by atoms with E-state index in [0.29, 0.717) is 11.5 Å². The van der Waals surface area contributed by atoms with Crippen LogP contribution in [0.25, 0.3) is 11.0 Å². The Morgan fingerprint density at radius 2 is 2.13 bits per heavy atom. The second kappa shape index (κ2) is 3.08. The van der Waals surface area contributed by atoms with Crippen LogP contribution in [0, 0.1) is 0 Å². The summed E-state index contributed by atoms with van der Waals surface area (Å²) in [4.78, 5) is 10.9. The lowest BCUT2D eigenvalue weighted by atomic mass is 10.4. The van der Waals surface area contributed by atoms with Crippen molar-refractivity contribution in [3.8, 4) is 0 Å². The Balaban J connectivity index is 2.05. The highest BCUT2D eigenvalue weighted by Gasteiger charge is 2.15. The van der Waals surface area contributed by atoms with Crippen LogP contribution in [0.5, 0.6) is 0 Å². The maximum Gasteiger partial charge on any atom is 0.227 e. The van der Waals surface area contributed by atoms with Crippen molar-refractivity contribution in [1.82, 2.24) is 20.2 Å². The highest BCUT2D eigenvalue weighted by atomic mass is 15.3. The number of hydrogen-bond donors (Lipinski definition) is 2. The summed E-state index contributed by atoms with van der Waals surface area (Å²) in [5.41, 5.74) is 6.36. The molecule has 0 saturated carbocycles. The lowest BCUT2D eigenvalue weighted by Gasteiger charge is -2.13. The Labute approximate surface area is 86.5 Å². The molecule has 2 aromatic heterocycles. The van der Waals surface area contributed by atoms with Crippen molar-refractivity contribution in [2.45, 2.75) is 12.8 Å². The Hall–Kier alpha value is -1.85. The third-order valence-corrected chi connectivity index (χ3v) is 2.72. The molecule has 0 radical (unpaired) electrons. The first kappa shape index (κ1) is 8.46. The van der Waals surface area contributed by atoms with Gasteiger partial charge in [0.2, 0.25) is 5.95 Å². The first-order chi connectivity index (χ1) is 7.34. The molecule has 3 rings (SSSR count). The van der Waals surface area contributed by atoms with Gasteiger partial charge in [0.05, 0.1) is 5.39 Å². The van der Waals surface area contributed by atoms with Crippen molar-refractivity contribution >= 4 is 22.8 Å². The number of nitrogens with one attached hydrogen (secondary N) is 1. The van der Waals surface area contributed by atoms with Crippen molar-refractivity contribution in [3.05, 3.63) is 6.20 Å². The summed E-state index contributed by atoms with van der Waals surface area (Å²) in [5, 5.41) is 7.48. The fourth-order valence-electron chi connectivity index (χ4n) is 1.89. The van der Waals surface area contributed by atoms with E-state index < -0.39 is 0 Å². The first-order valence-corrected chi connectivity index (χ1v) is 5.06. The monoisotopic (exact) mass is 204 g/mol. The predicted octanol–water partition coefficient (Wildman–Crippen LogP) is 0.535. The van der Waals surface area contributed by atoms with Gasteiger partial charge in [-0.05, 0) is 12.8 Å². The lowest BCUT2D eigenvalue weighted by molar-refractivity contribution is 0.904. The number of nitrogen functional groups attached to an aromatic ring is 1. The van der Waals surface area contributed by atoms with E-state index in [1.807, 2.05) is 0 Å². The zero-order valence-electron chi connectivity index (χ0n) is 8.27. The predicted molar refractivity (Wildman–Crippen MR) is 57.5 cm³/mol. The van der Waals surface area contributed by atoms with Crippen molar-refractivity contribution in [2.24, 2.45) is 0 Å². The molecule has 3 heterocycles. The summed E-state index contributed by atoms with van der Waals surface area (Å²) in [5.74, 6) is 1.22. The van der Waals surface area contributed by atoms with Crippen LogP contribution in [-0.2, 0) is 0 Å². The van der Waals surface area contributed by atoms with Crippen molar-refractivity contribution in [2.75, 3.05) is 23.7 Å². The van der Waals surface area contributed by atoms with Gasteiger partial charge in [0, 0.05) is 19.3 Å². The van der Waals surface area contributed by atoms with Gasteiger partial charge in [-0.3, -0.25) is 5.10 Å². The fraction of sp³-hybridized carbons (Fsp3) is 0.444. The first-order valence-electron chi connectivity index (χ1n) is 5.06. The Kier molecular flexibility index (Phi) is 1.74. The molecule has 2 aromatic rings. The molecular formula is C9H12N6. The van der Waals surface area contributed by atoms with E-state index in [2.05, 4.69) is 25.1 Å². The molecule has 0 unspecified atom stereocenters. The number of nitrogens with zero attached hydrogens (tertiary/aromatic N) is 4. The number of aromatic nitrogens is 4. The van der Waals surface area contributed by atoms with Crippen LogP contribution in [0.4, 0.5) is 11.8 Å². The molecule has 6 nitrogen and oxygen atoms in total. The Bertz CT molecular complexity index is 484. The Morgan fingerprint density at radius 1 is 1.33 bits per heavy atom. The highest BCUT2D eigenvalue weighted by molar-refractivity contribution is 5.85.